The average molecular weight is 387 g/mol. The van der Waals surface area contributed by atoms with Crippen LogP contribution in [0.3, 0.4) is 0 Å². The van der Waals surface area contributed by atoms with Gasteiger partial charge in [-0.15, -0.1) is 0 Å². The van der Waals surface area contributed by atoms with Gasteiger partial charge in [0.2, 0.25) is 11.9 Å². The highest BCUT2D eigenvalue weighted by molar-refractivity contribution is 5.93. The third kappa shape index (κ3) is 4.33. The fourth-order valence-corrected chi connectivity index (χ4v) is 3.24. The standard InChI is InChI=1S/C18H22FN7O2/c19-14-9-13(10-20-11-14)16(27)21-12-15-22-17(25-3-1-2-4-25)24-18(23-15)26-5-7-28-8-6-26/h9-11H,1-8,12H2,(H,21,27). The molecule has 0 saturated carbocycles. The molecule has 2 aromatic rings. The molecule has 10 heteroatoms. The highest BCUT2D eigenvalue weighted by Gasteiger charge is 2.21. The Morgan fingerprint density at radius 1 is 1.04 bits per heavy atom. The van der Waals surface area contributed by atoms with Gasteiger partial charge in [0, 0.05) is 32.4 Å². The van der Waals surface area contributed by atoms with E-state index in [0.717, 1.165) is 38.2 Å². The summed E-state index contributed by atoms with van der Waals surface area (Å²) >= 11 is 0. The number of rotatable bonds is 5. The van der Waals surface area contributed by atoms with Crippen LogP contribution in [0.2, 0.25) is 0 Å². The summed E-state index contributed by atoms with van der Waals surface area (Å²) in [5.41, 5.74) is 0.155. The number of nitrogens with one attached hydrogen (secondary N) is 1. The summed E-state index contributed by atoms with van der Waals surface area (Å²) in [6.07, 6.45) is 4.59. The average Bonchev–Trinajstić information content (AvgIpc) is 3.27. The Labute approximate surface area is 162 Å². The molecule has 0 bridgehead atoms. The fraction of sp³-hybridized carbons (Fsp3) is 0.500. The fourth-order valence-electron chi connectivity index (χ4n) is 3.24. The molecule has 2 aliphatic rings. The maximum Gasteiger partial charge on any atom is 0.253 e. The van der Waals surface area contributed by atoms with E-state index in [1.165, 1.54) is 6.20 Å². The number of carbonyl (C=O) groups is 1. The highest BCUT2D eigenvalue weighted by Crippen LogP contribution is 2.19. The molecule has 2 fully saturated rings. The molecule has 2 aromatic heterocycles. The summed E-state index contributed by atoms with van der Waals surface area (Å²) in [6, 6.07) is 1.14. The molecule has 0 spiro atoms. The van der Waals surface area contributed by atoms with E-state index in [2.05, 4.69) is 35.1 Å². The van der Waals surface area contributed by atoms with E-state index in [1.807, 2.05) is 0 Å². The van der Waals surface area contributed by atoms with Gasteiger partial charge >= 0.3 is 0 Å². The third-order valence-electron chi connectivity index (χ3n) is 4.72. The molecule has 4 rings (SSSR count). The lowest BCUT2D eigenvalue weighted by Crippen LogP contribution is -2.38. The Kier molecular flexibility index (Phi) is 5.56. The monoisotopic (exact) mass is 387 g/mol. The number of amides is 1. The van der Waals surface area contributed by atoms with Crippen molar-refractivity contribution in [2.45, 2.75) is 19.4 Å². The van der Waals surface area contributed by atoms with Crippen molar-refractivity contribution in [2.75, 3.05) is 49.2 Å². The zero-order valence-electron chi connectivity index (χ0n) is 15.5. The van der Waals surface area contributed by atoms with Crippen molar-refractivity contribution in [2.24, 2.45) is 0 Å². The van der Waals surface area contributed by atoms with Crippen LogP contribution in [0.25, 0.3) is 0 Å². The summed E-state index contributed by atoms with van der Waals surface area (Å²) in [6.45, 7) is 4.62. The summed E-state index contributed by atoms with van der Waals surface area (Å²) in [5.74, 6) is 0.709. The second-order valence-electron chi connectivity index (χ2n) is 6.72. The SMILES string of the molecule is O=C(NCc1nc(N2CCCC2)nc(N2CCOCC2)n1)c1cncc(F)c1. The lowest BCUT2D eigenvalue weighted by atomic mass is 10.2. The van der Waals surface area contributed by atoms with Crippen LogP contribution in [0.5, 0.6) is 0 Å². The lowest BCUT2D eigenvalue weighted by molar-refractivity contribution is 0.0949. The van der Waals surface area contributed by atoms with E-state index in [1.54, 1.807) is 0 Å². The number of carbonyl (C=O) groups excluding carboxylic acids is 1. The second kappa shape index (κ2) is 8.42. The summed E-state index contributed by atoms with van der Waals surface area (Å²) in [7, 11) is 0. The molecule has 148 valence electrons. The minimum atomic E-state index is -0.557. The minimum absolute atomic E-state index is 0.121. The predicted molar refractivity (Wildman–Crippen MR) is 99.7 cm³/mol. The normalized spacial score (nSPS) is 17.0. The summed E-state index contributed by atoms with van der Waals surface area (Å²) in [5, 5.41) is 2.73. The van der Waals surface area contributed by atoms with Gasteiger partial charge in [-0.2, -0.15) is 15.0 Å². The first-order chi connectivity index (χ1) is 13.7. The molecule has 0 aliphatic carbocycles. The van der Waals surface area contributed by atoms with Gasteiger partial charge in [0.15, 0.2) is 5.82 Å². The quantitative estimate of drug-likeness (QED) is 0.804. The van der Waals surface area contributed by atoms with Crippen LogP contribution < -0.4 is 15.1 Å². The van der Waals surface area contributed by atoms with Gasteiger partial charge in [-0.3, -0.25) is 9.78 Å². The molecular weight excluding hydrogens is 365 g/mol. The number of aromatic nitrogens is 4. The molecule has 1 N–H and O–H groups in total. The first kappa shape index (κ1) is 18.5. The van der Waals surface area contributed by atoms with Crippen LogP contribution in [0.1, 0.15) is 29.0 Å². The molecule has 28 heavy (non-hydrogen) atoms. The van der Waals surface area contributed by atoms with E-state index < -0.39 is 11.7 Å². The smallest absolute Gasteiger partial charge is 0.253 e. The highest BCUT2D eigenvalue weighted by atomic mass is 19.1. The van der Waals surface area contributed by atoms with E-state index in [-0.39, 0.29) is 12.1 Å². The predicted octanol–water partition coefficient (Wildman–Crippen LogP) is 0.773. The molecule has 0 radical (unpaired) electrons. The number of morpholine rings is 1. The van der Waals surface area contributed by atoms with Gasteiger partial charge in [-0.1, -0.05) is 0 Å². The Balaban J connectivity index is 1.52. The third-order valence-corrected chi connectivity index (χ3v) is 4.72. The van der Waals surface area contributed by atoms with Gasteiger partial charge in [0.05, 0.1) is 31.5 Å². The van der Waals surface area contributed by atoms with Crippen LogP contribution >= 0.6 is 0 Å². The molecule has 2 saturated heterocycles. The van der Waals surface area contributed by atoms with Crippen LogP contribution in [0, 0.1) is 5.82 Å². The van der Waals surface area contributed by atoms with E-state index in [0.29, 0.717) is 44.0 Å². The van der Waals surface area contributed by atoms with Gasteiger partial charge in [0.1, 0.15) is 5.82 Å². The number of ether oxygens (including phenoxy) is 1. The molecular formula is C18H22FN7O2. The number of hydrogen-bond donors (Lipinski definition) is 1. The van der Waals surface area contributed by atoms with E-state index >= 15 is 0 Å². The summed E-state index contributed by atoms with van der Waals surface area (Å²) < 4.78 is 18.7. The largest absolute Gasteiger partial charge is 0.378 e. The van der Waals surface area contributed by atoms with Gasteiger partial charge in [-0.25, -0.2) is 4.39 Å². The second-order valence-corrected chi connectivity index (χ2v) is 6.72. The van der Waals surface area contributed by atoms with Crippen molar-refractivity contribution >= 4 is 17.8 Å². The number of hydrogen-bond acceptors (Lipinski definition) is 8. The molecule has 0 aromatic carbocycles. The van der Waals surface area contributed by atoms with E-state index in [4.69, 9.17) is 4.74 Å². The van der Waals surface area contributed by atoms with Crippen molar-refractivity contribution < 1.29 is 13.9 Å². The molecule has 9 nitrogen and oxygen atoms in total. The van der Waals surface area contributed by atoms with Crippen molar-refractivity contribution in [3.8, 4) is 0 Å². The summed E-state index contributed by atoms with van der Waals surface area (Å²) in [4.78, 5) is 33.9. The van der Waals surface area contributed by atoms with E-state index in [9.17, 15) is 9.18 Å². The number of pyridine rings is 1. The van der Waals surface area contributed by atoms with Crippen molar-refractivity contribution in [1.29, 1.82) is 0 Å². The molecule has 0 unspecified atom stereocenters. The molecule has 2 aliphatic heterocycles. The zero-order valence-corrected chi connectivity index (χ0v) is 15.5. The van der Waals surface area contributed by atoms with Crippen LogP contribution in [0.15, 0.2) is 18.5 Å². The molecule has 0 atom stereocenters. The van der Waals surface area contributed by atoms with Crippen molar-refractivity contribution in [1.82, 2.24) is 25.3 Å². The zero-order chi connectivity index (χ0) is 19.3. The Morgan fingerprint density at radius 2 is 1.71 bits per heavy atom. The first-order valence-corrected chi connectivity index (χ1v) is 9.40. The lowest BCUT2D eigenvalue weighted by Gasteiger charge is -2.28. The molecule has 4 heterocycles. The first-order valence-electron chi connectivity index (χ1n) is 9.40. The van der Waals surface area contributed by atoms with Crippen LogP contribution in [-0.4, -0.2) is 65.2 Å². The Hall–Kier alpha value is -2.88. The van der Waals surface area contributed by atoms with Crippen molar-refractivity contribution in [3.63, 3.8) is 0 Å². The minimum Gasteiger partial charge on any atom is -0.378 e. The van der Waals surface area contributed by atoms with Gasteiger partial charge < -0.3 is 19.9 Å². The van der Waals surface area contributed by atoms with Crippen LogP contribution in [-0.2, 0) is 11.3 Å². The maximum absolute atomic E-state index is 13.3. The maximum atomic E-state index is 13.3. The topological polar surface area (TPSA) is 96.4 Å². The Bertz CT molecular complexity index is 838. The van der Waals surface area contributed by atoms with Gasteiger partial charge in [-0.05, 0) is 18.9 Å². The number of anilines is 2. The Morgan fingerprint density at radius 3 is 2.39 bits per heavy atom. The van der Waals surface area contributed by atoms with Crippen LogP contribution in [0.4, 0.5) is 16.3 Å². The number of halogens is 1. The van der Waals surface area contributed by atoms with Gasteiger partial charge in [0.25, 0.3) is 5.91 Å². The molecule has 1 amide bonds. The number of nitrogens with zero attached hydrogens (tertiary/aromatic N) is 6. The van der Waals surface area contributed by atoms with Crippen molar-refractivity contribution in [3.05, 3.63) is 35.7 Å².